The number of rotatable bonds is 6. The molecule has 4 aromatic carbocycles. The van der Waals surface area contributed by atoms with Crippen molar-refractivity contribution in [3.8, 4) is 11.3 Å². The predicted molar refractivity (Wildman–Crippen MR) is 150 cm³/mol. The van der Waals surface area contributed by atoms with Crippen LogP contribution in [0.25, 0.3) is 33.1 Å². The molecule has 0 saturated carbocycles. The molecule has 0 fully saturated rings. The number of carbonyl (C=O) groups is 1. The molecule has 0 unspecified atom stereocenters. The van der Waals surface area contributed by atoms with E-state index in [9.17, 15) is 4.79 Å². The van der Waals surface area contributed by atoms with Gasteiger partial charge in [0.2, 0.25) is 0 Å². The fourth-order valence-electron chi connectivity index (χ4n) is 4.63. The van der Waals surface area contributed by atoms with Crippen LogP contribution in [-0.2, 0) is 6.54 Å². The second-order valence-corrected chi connectivity index (χ2v) is 8.85. The molecule has 1 N–H and O–H groups in total. The summed E-state index contributed by atoms with van der Waals surface area (Å²) in [7, 11) is 0. The highest BCUT2D eigenvalue weighted by Gasteiger charge is 2.14. The highest BCUT2D eigenvalue weighted by molar-refractivity contribution is 6.07. The molecule has 1 amide bonds. The van der Waals surface area contributed by atoms with Gasteiger partial charge in [0.05, 0.1) is 23.0 Å². The highest BCUT2D eigenvalue weighted by atomic mass is 16.2. The van der Waals surface area contributed by atoms with Crippen molar-refractivity contribution in [2.75, 3.05) is 0 Å². The van der Waals surface area contributed by atoms with Gasteiger partial charge < -0.3 is 4.57 Å². The third kappa shape index (κ3) is 4.62. The van der Waals surface area contributed by atoms with Gasteiger partial charge in [-0.15, -0.1) is 0 Å². The highest BCUT2D eigenvalue weighted by Crippen LogP contribution is 2.25. The molecular weight excluding hydrogens is 456 g/mol. The number of nitrogens with zero attached hydrogens (tertiary/aromatic N) is 3. The Balaban J connectivity index is 1.30. The summed E-state index contributed by atoms with van der Waals surface area (Å²) in [6.45, 7) is 0.757. The third-order valence-electron chi connectivity index (χ3n) is 6.42. The van der Waals surface area contributed by atoms with Crippen molar-refractivity contribution < 1.29 is 4.79 Å². The van der Waals surface area contributed by atoms with Gasteiger partial charge in [0.25, 0.3) is 5.91 Å². The molecule has 178 valence electrons. The molecule has 0 spiro atoms. The molecular formula is C32H24N4O. The van der Waals surface area contributed by atoms with E-state index in [0.717, 1.165) is 45.2 Å². The van der Waals surface area contributed by atoms with E-state index < -0.39 is 0 Å². The van der Waals surface area contributed by atoms with E-state index in [2.05, 4.69) is 45.6 Å². The molecule has 5 nitrogen and oxygen atoms in total. The fraction of sp³-hybridized carbons (Fsp3) is 0.0312. The van der Waals surface area contributed by atoms with Crippen molar-refractivity contribution in [2.24, 2.45) is 5.10 Å². The van der Waals surface area contributed by atoms with Gasteiger partial charge in [-0.05, 0) is 23.8 Å². The first-order chi connectivity index (χ1) is 18.3. The molecule has 6 rings (SSSR count). The minimum absolute atomic E-state index is 0.278. The summed E-state index contributed by atoms with van der Waals surface area (Å²) in [5.41, 5.74) is 9.02. The van der Waals surface area contributed by atoms with Crippen LogP contribution in [0.5, 0.6) is 0 Å². The standard InChI is InChI=1S/C32H24N4O/c37-32(28-19-30(24-13-5-2-6-14-24)34-29-17-9-7-16-27(28)29)35-33-20-25-22-36(21-23-11-3-1-4-12-23)31-18-10-8-15-26(25)31/h1-20,22H,21H2,(H,35,37)/b33-20-. The Kier molecular flexibility index (Phi) is 6.01. The zero-order chi connectivity index (χ0) is 25.0. The number of aromatic nitrogens is 2. The summed E-state index contributed by atoms with van der Waals surface area (Å²) in [4.78, 5) is 18.1. The van der Waals surface area contributed by atoms with Crippen LogP contribution in [0.1, 0.15) is 21.5 Å². The minimum atomic E-state index is -0.278. The van der Waals surface area contributed by atoms with Crippen LogP contribution < -0.4 is 5.43 Å². The number of hydrogen-bond acceptors (Lipinski definition) is 3. The number of hydrazone groups is 1. The number of pyridine rings is 1. The Bertz CT molecular complexity index is 1740. The maximum absolute atomic E-state index is 13.3. The minimum Gasteiger partial charge on any atom is -0.342 e. The molecule has 2 heterocycles. The summed E-state index contributed by atoms with van der Waals surface area (Å²) >= 11 is 0. The molecule has 0 radical (unpaired) electrons. The van der Waals surface area contributed by atoms with Crippen molar-refractivity contribution >= 4 is 33.9 Å². The van der Waals surface area contributed by atoms with Gasteiger partial charge in [-0.2, -0.15) is 5.10 Å². The van der Waals surface area contributed by atoms with Gasteiger partial charge in [0.1, 0.15) is 0 Å². The third-order valence-corrected chi connectivity index (χ3v) is 6.42. The van der Waals surface area contributed by atoms with Crippen LogP contribution in [0, 0.1) is 0 Å². The molecule has 0 aliphatic carbocycles. The molecule has 0 bridgehead atoms. The van der Waals surface area contributed by atoms with Crippen molar-refractivity contribution in [2.45, 2.75) is 6.54 Å². The molecule has 0 saturated heterocycles. The van der Waals surface area contributed by atoms with Gasteiger partial charge in [0, 0.05) is 40.2 Å². The summed E-state index contributed by atoms with van der Waals surface area (Å²) in [5, 5.41) is 6.21. The average molecular weight is 481 g/mol. The second kappa shape index (κ2) is 9.91. The monoisotopic (exact) mass is 480 g/mol. The van der Waals surface area contributed by atoms with Crippen LogP contribution in [0.4, 0.5) is 0 Å². The van der Waals surface area contributed by atoms with E-state index in [0.29, 0.717) is 5.56 Å². The normalized spacial score (nSPS) is 11.4. The van der Waals surface area contributed by atoms with Gasteiger partial charge in [-0.25, -0.2) is 10.4 Å². The van der Waals surface area contributed by atoms with Gasteiger partial charge in [-0.1, -0.05) is 97.1 Å². The fourth-order valence-corrected chi connectivity index (χ4v) is 4.63. The van der Waals surface area contributed by atoms with E-state index >= 15 is 0 Å². The summed E-state index contributed by atoms with van der Waals surface area (Å²) in [6, 6.07) is 37.9. The topological polar surface area (TPSA) is 59.3 Å². The first-order valence-corrected chi connectivity index (χ1v) is 12.2. The molecule has 37 heavy (non-hydrogen) atoms. The number of nitrogens with one attached hydrogen (secondary N) is 1. The lowest BCUT2D eigenvalue weighted by molar-refractivity contribution is 0.0956. The molecule has 0 atom stereocenters. The first kappa shape index (κ1) is 22.4. The van der Waals surface area contributed by atoms with E-state index in [4.69, 9.17) is 4.98 Å². The molecule has 5 heteroatoms. The van der Waals surface area contributed by atoms with Crippen molar-refractivity contribution in [1.82, 2.24) is 15.0 Å². The van der Waals surface area contributed by atoms with Gasteiger partial charge >= 0.3 is 0 Å². The lowest BCUT2D eigenvalue weighted by Crippen LogP contribution is -2.18. The Morgan fingerprint density at radius 2 is 1.49 bits per heavy atom. The Morgan fingerprint density at radius 3 is 2.30 bits per heavy atom. The van der Waals surface area contributed by atoms with Crippen LogP contribution in [0.15, 0.2) is 127 Å². The first-order valence-electron chi connectivity index (χ1n) is 12.2. The number of benzene rings is 4. The van der Waals surface area contributed by atoms with E-state index in [1.165, 1.54) is 5.56 Å². The smallest absolute Gasteiger partial charge is 0.272 e. The maximum atomic E-state index is 13.3. The molecule has 6 aromatic rings. The van der Waals surface area contributed by atoms with Crippen LogP contribution >= 0.6 is 0 Å². The van der Waals surface area contributed by atoms with Crippen LogP contribution in [0.2, 0.25) is 0 Å². The summed E-state index contributed by atoms with van der Waals surface area (Å²) in [6.07, 6.45) is 3.78. The number of carbonyl (C=O) groups excluding carboxylic acids is 1. The van der Waals surface area contributed by atoms with Gasteiger partial charge in [0.15, 0.2) is 0 Å². The Hall–Kier alpha value is -5.03. The Morgan fingerprint density at radius 1 is 0.811 bits per heavy atom. The van der Waals surface area contributed by atoms with Crippen molar-refractivity contribution in [1.29, 1.82) is 0 Å². The number of fused-ring (bicyclic) bond motifs is 2. The van der Waals surface area contributed by atoms with Crippen LogP contribution in [0.3, 0.4) is 0 Å². The average Bonchev–Trinajstić information content (AvgIpc) is 3.30. The zero-order valence-corrected chi connectivity index (χ0v) is 20.1. The second-order valence-electron chi connectivity index (χ2n) is 8.85. The molecule has 2 aromatic heterocycles. The lowest BCUT2D eigenvalue weighted by Gasteiger charge is -2.09. The van der Waals surface area contributed by atoms with E-state index in [-0.39, 0.29) is 5.91 Å². The van der Waals surface area contributed by atoms with Crippen molar-refractivity contribution in [3.63, 3.8) is 0 Å². The Labute approximate surface area is 214 Å². The summed E-state index contributed by atoms with van der Waals surface area (Å²) in [5.74, 6) is -0.278. The largest absolute Gasteiger partial charge is 0.342 e. The number of hydrogen-bond donors (Lipinski definition) is 1. The quantitative estimate of drug-likeness (QED) is 0.214. The SMILES string of the molecule is O=C(N/N=C\c1cn(Cc2ccccc2)c2ccccc12)c1cc(-c2ccccc2)nc2ccccc12. The van der Waals surface area contributed by atoms with E-state index in [1.54, 1.807) is 6.21 Å². The van der Waals surface area contributed by atoms with Gasteiger partial charge in [-0.3, -0.25) is 4.79 Å². The lowest BCUT2D eigenvalue weighted by atomic mass is 10.0. The van der Waals surface area contributed by atoms with E-state index in [1.807, 2.05) is 91.0 Å². The molecule has 0 aliphatic rings. The number of para-hydroxylation sites is 2. The summed E-state index contributed by atoms with van der Waals surface area (Å²) < 4.78 is 2.20. The maximum Gasteiger partial charge on any atom is 0.272 e. The predicted octanol–water partition coefficient (Wildman–Crippen LogP) is 6.67. The van der Waals surface area contributed by atoms with Crippen molar-refractivity contribution in [3.05, 3.63) is 138 Å². The van der Waals surface area contributed by atoms with Crippen LogP contribution in [-0.4, -0.2) is 21.7 Å². The zero-order valence-electron chi connectivity index (χ0n) is 20.1. The number of amides is 1. The molecule has 0 aliphatic heterocycles.